The Morgan fingerprint density at radius 2 is 1.96 bits per heavy atom. The highest BCUT2D eigenvalue weighted by atomic mass is 32.2. The summed E-state index contributed by atoms with van der Waals surface area (Å²) in [5.41, 5.74) is 0.622. The van der Waals surface area contributed by atoms with Gasteiger partial charge in [0, 0.05) is 19.4 Å². The Labute approximate surface area is 134 Å². The molecule has 0 aliphatic rings. The summed E-state index contributed by atoms with van der Waals surface area (Å²) >= 11 is 0.930. The molecule has 3 rings (SSSR count). The summed E-state index contributed by atoms with van der Waals surface area (Å²) < 4.78 is 28.4. The number of nitrogens with one attached hydrogen (secondary N) is 1. The van der Waals surface area contributed by atoms with E-state index in [1.165, 1.54) is 41.2 Å². The first-order valence-electron chi connectivity index (χ1n) is 6.32. The van der Waals surface area contributed by atoms with Gasteiger partial charge in [-0.2, -0.15) is 0 Å². The molecule has 0 saturated heterocycles. The second-order valence-electron chi connectivity index (χ2n) is 4.56. The first-order chi connectivity index (χ1) is 10.9. The van der Waals surface area contributed by atoms with E-state index in [9.17, 15) is 18.0 Å². The normalized spacial score (nSPS) is 11.5. The van der Waals surface area contributed by atoms with Crippen LogP contribution in [-0.4, -0.2) is 28.9 Å². The average molecular weight is 350 g/mol. The van der Waals surface area contributed by atoms with Gasteiger partial charge in [-0.25, -0.2) is 23.1 Å². The maximum Gasteiger partial charge on any atom is 0.307 e. The fraction of sp³-hybridized carbons (Fsp3) is 0.0769. The van der Waals surface area contributed by atoms with E-state index in [0.717, 1.165) is 11.3 Å². The summed E-state index contributed by atoms with van der Waals surface area (Å²) in [6.07, 6.45) is 2.67. The Balaban J connectivity index is 1.96. The number of hydrogen-bond donors (Lipinski definition) is 1. The topological polar surface area (TPSA) is 111 Å². The molecule has 10 heteroatoms. The van der Waals surface area contributed by atoms with Crippen LogP contribution >= 0.6 is 11.3 Å². The van der Waals surface area contributed by atoms with Crippen molar-refractivity contribution in [2.45, 2.75) is 4.90 Å². The van der Waals surface area contributed by atoms with Crippen LogP contribution in [0.1, 0.15) is 10.6 Å². The number of benzene rings is 1. The SMILES string of the molecule is Cn1c(=O)sc2cc(S(=O)(=O)NC(=O)c3ncccn3)ccc21. The molecule has 3 aromatic rings. The molecule has 0 atom stereocenters. The number of amides is 1. The zero-order valence-corrected chi connectivity index (χ0v) is 13.4. The number of fused-ring (bicyclic) bond motifs is 1. The van der Waals surface area contributed by atoms with E-state index >= 15 is 0 Å². The summed E-state index contributed by atoms with van der Waals surface area (Å²) in [6, 6.07) is 5.71. The van der Waals surface area contributed by atoms with Crippen LogP contribution in [0.5, 0.6) is 0 Å². The van der Waals surface area contributed by atoms with Crippen molar-refractivity contribution in [3.63, 3.8) is 0 Å². The van der Waals surface area contributed by atoms with E-state index in [2.05, 4.69) is 9.97 Å². The van der Waals surface area contributed by atoms with Gasteiger partial charge in [-0.15, -0.1) is 0 Å². The smallest absolute Gasteiger partial charge is 0.302 e. The number of hydrogen-bond acceptors (Lipinski definition) is 7. The molecule has 118 valence electrons. The monoisotopic (exact) mass is 350 g/mol. The molecule has 2 aromatic heterocycles. The van der Waals surface area contributed by atoms with E-state index in [1.54, 1.807) is 7.05 Å². The minimum absolute atomic E-state index is 0.115. The van der Waals surface area contributed by atoms with Crippen molar-refractivity contribution in [3.05, 3.63) is 52.2 Å². The van der Waals surface area contributed by atoms with Gasteiger partial charge in [-0.05, 0) is 24.3 Å². The summed E-state index contributed by atoms with van der Waals surface area (Å²) in [6.45, 7) is 0. The molecule has 0 fully saturated rings. The van der Waals surface area contributed by atoms with E-state index < -0.39 is 15.9 Å². The highest BCUT2D eigenvalue weighted by Crippen LogP contribution is 2.21. The third-order valence-corrected chi connectivity index (χ3v) is 5.39. The summed E-state index contributed by atoms with van der Waals surface area (Å²) in [4.78, 5) is 30.6. The molecular formula is C13H10N4O4S2. The third kappa shape index (κ3) is 2.85. The number of nitrogens with zero attached hydrogens (tertiary/aromatic N) is 3. The van der Waals surface area contributed by atoms with Crippen molar-refractivity contribution in [1.29, 1.82) is 0 Å². The van der Waals surface area contributed by atoms with E-state index in [0.29, 0.717) is 10.2 Å². The lowest BCUT2D eigenvalue weighted by molar-refractivity contribution is 0.0971. The van der Waals surface area contributed by atoms with Gasteiger partial charge in [0.05, 0.1) is 15.1 Å². The van der Waals surface area contributed by atoms with Crippen molar-refractivity contribution in [2.24, 2.45) is 7.05 Å². The molecule has 0 unspecified atom stereocenters. The Hall–Kier alpha value is -2.59. The van der Waals surface area contributed by atoms with Gasteiger partial charge in [0.1, 0.15) is 0 Å². The van der Waals surface area contributed by atoms with Gasteiger partial charge >= 0.3 is 10.8 Å². The molecular weight excluding hydrogens is 340 g/mol. The van der Waals surface area contributed by atoms with Gasteiger partial charge in [0.15, 0.2) is 0 Å². The number of aromatic nitrogens is 3. The van der Waals surface area contributed by atoms with E-state index in [4.69, 9.17) is 0 Å². The van der Waals surface area contributed by atoms with Crippen LogP contribution in [0.15, 0.2) is 46.3 Å². The lowest BCUT2D eigenvalue weighted by Crippen LogP contribution is -2.31. The highest BCUT2D eigenvalue weighted by molar-refractivity contribution is 7.90. The Kier molecular flexibility index (Phi) is 3.70. The van der Waals surface area contributed by atoms with Crippen LogP contribution in [0.2, 0.25) is 0 Å². The molecule has 0 bridgehead atoms. The lowest BCUT2D eigenvalue weighted by atomic mass is 10.3. The van der Waals surface area contributed by atoms with Crippen LogP contribution in [0.4, 0.5) is 0 Å². The van der Waals surface area contributed by atoms with Gasteiger partial charge < -0.3 is 4.57 Å². The summed E-state index contributed by atoms with van der Waals surface area (Å²) in [5, 5.41) is 0. The molecule has 0 spiro atoms. The fourth-order valence-corrected chi connectivity index (χ4v) is 3.89. The molecule has 8 nitrogen and oxygen atoms in total. The van der Waals surface area contributed by atoms with Gasteiger partial charge in [-0.3, -0.25) is 9.59 Å². The summed E-state index contributed by atoms with van der Waals surface area (Å²) in [7, 11) is -2.49. The highest BCUT2D eigenvalue weighted by Gasteiger charge is 2.21. The van der Waals surface area contributed by atoms with Crippen molar-refractivity contribution < 1.29 is 13.2 Å². The van der Waals surface area contributed by atoms with Gasteiger partial charge in [0.2, 0.25) is 5.82 Å². The first-order valence-corrected chi connectivity index (χ1v) is 8.62. The van der Waals surface area contributed by atoms with Crippen LogP contribution in [0, 0.1) is 0 Å². The Morgan fingerprint density at radius 1 is 1.26 bits per heavy atom. The van der Waals surface area contributed by atoms with Crippen molar-refractivity contribution in [1.82, 2.24) is 19.3 Å². The van der Waals surface area contributed by atoms with E-state index in [1.807, 2.05) is 4.72 Å². The molecule has 0 aliphatic heterocycles. The zero-order valence-electron chi connectivity index (χ0n) is 11.8. The lowest BCUT2D eigenvalue weighted by Gasteiger charge is -2.06. The van der Waals surface area contributed by atoms with Crippen LogP contribution < -0.4 is 9.60 Å². The Morgan fingerprint density at radius 3 is 2.65 bits per heavy atom. The van der Waals surface area contributed by atoms with Crippen molar-refractivity contribution in [3.8, 4) is 0 Å². The minimum Gasteiger partial charge on any atom is -0.302 e. The molecule has 23 heavy (non-hydrogen) atoms. The second-order valence-corrected chi connectivity index (χ2v) is 7.24. The number of carbonyl (C=O) groups is 1. The predicted octanol–water partition coefficient (Wildman–Crippen LogP) is 0.509. The fourth-order valence-electron chi connectivity index (χ4n) is 1.92. The number of carbonyl (C=O) groups excluding carboxylic acids is 1. The average Bonchev–Trinajstić information content (AvgIpc) is 2.82. The molecule has 0 radical (unpaired) electrons. The number of rotatable bonds is 3. The first kappa shape index (κ1) is 15.3. The largest absolute Gasteiger partial charge is 0.307 e. The molecule has 2 heterocycles. The molecule has 1 aromatic carbocycles. The maximum absolute atomic E-state index is 12.3. The summed E-state index contributed by atoms with van der Waals surface area (Å²) in [5.74, 6) is -1.17. The van der Waals surface area contributed by atoms with Crippen LogP contribution in [-0.2, 0) is 17.1 Å². The maximum atomic E-state index is 12.3. The number of aryl methyl sites for hydroxylation is 1. The van der Waals surface area contributed by atoms with Crippen LogP contribution in [0.3, 0.4) is 0 Å². The molecule has 0 aliphatic carbocycles. The predicted molar refractivity (Wildman–Crippen MR) is 83.8 cm³/mol. The molecule has 1 N–H and O–H groups in total. The number of thiazole rings is 1. The quantitative estimate of drug-likeness (QED) is 0.737. The van der Waals surface area contributed by atoms with Crippen molar-refractivity contribution >= 4 is 37.5 Å². The van der Waals surface area contributed by atoms with Gasteiger partial charge in [-0.1, -0.05) is 11.3 Å². The minimum atomic E-state index is -4.09. The molecule has 1 amide bonds. The van der Waals surface area contributed by atoms with Crippen molar-refractivity contribution in [2.75, 3.05) is 0 Å². The van der Waals surface area contributed by atoms with Gasteiger partial charge in [0.25, 0.3) is 10.0 Å². The standard InChI is InChI=1S/C13H10N4O4S2/c1-17-9-4-3-8(7-10(9)22-13(17)19)23(20,21)16-12(18)11-14-5-2-6-15-11/h2-7H,1H3,(H,16,18). The Bertz CT molecular complexity index is 1050. The van der Waals surface area contributed by atoms with E-state index in [-0.39, 0.29) is 15.6 Å². The number of sulfonamides is 1. The molecule has 0 saturated carbocycles. The third-order valence-electron chi connectivity index (χ3n) is 3.07. The second kappa shape index (κ2) is 5.56. The van der Waals surface area contributed by atoms with Crippen LogP contribution in [0.25, 0.3) is 10.2 Å². The zero-order chi connectivity index (χ0) is 16.6.